The first-order valence-electron chi connectivity index (χ1n) is 3.88. The number of aromatic nitrogens is 2. The number of aliphatic hydroxyl groups is 1. The number of hydrogen-bond donors (Lipinski definition) is 1. The second-order valence-electron chi connectivity index (χ2n) is 2.88. The van der Waals surface area contributed by atoms with Gasteiger partial charge in [0.05, 0.1) is 19.3 Å². The average Bonchev–Trinajstić information content (AvgIpc) is 2.53. The van der Waals surface area contributed by atoms with Gasteiger partial charge >= 0.3 is 0 Å². The maximum absolute atomic E-state index is 9.46. The molecule has 4 heteroatoms. The van der Waals surface area contributed by atoms with E-state index in [1.807, 2.05) is 0 Å². The van der Waals surface area contributed by atoms with E-state index in [0.717, 1.165) is 5.56 Å². The SMILES string of the molecule is OC1COCC1c1cncnc1. The van der Waals surface area contributed by atoms with Gasteiger partial charge in [-0.25, -0.2) is 9.97 Å². The minimum Gasteiger partial charge on any atom is -0.390 e. The second kappa shape index (κ2) is 3.16. The minimum absolute atomic E-state index is 0.0474. The van der Waals surface area contributed by atoms with E-state index in [2.05, 4.69) is 9.97 Å². The van der Waals surface area contributed by atoms with E-state index in [9.17, 15) is 5.11 Å². The summed E-state index contributed by atoms with van der Waals surface area (Å²) in [5.41, 5.74) is 0.947. The third-order valence-electron chi connectivity index (χ3n) is 2.06. The molecule has 1 aliphatic heterocycles. The van der Waals surface area contributed by atoms with Crippen molar-refractivity contribution in [2.45, 2.75) is 12.0 Å². The van der Waals surface area contributed by atoms with Crippen LogP contribution in [0.2, 0.25) is 0 Å². The van der Waals surface area contributed by atoms with Crippen molar-refractivity contribution in [1.29, 1.82) is 0 Å². The number of ether oxygens (including phenoxy) is 1. The molecule has 2 rings (SSSR count). The van der Waals surface area contributed by atoms with Gasteiger partial charge in [-0.2, -0.15) is 0 Å². The smallest absolute Gasteiger partial charge is 0.115 e. The van der Waals surface area contributed by atoms with Crippen LogP contribution < -0.4 is 0 Å². The van der Waals surface area contributed by atoms with Crippen LogP contribution in [0.25, 0.3) is 0 Å². The van der Waals surface area contributed by atoms with Gasteiger partial charge in [0.25, 0.3) is 0 Å². The lowest BCUT2D eigenvalue weighted by Crippen LogP contribution is -2.15. The lowest BCUT2D eigenvalue weighted by molar-refractivity contribution is 0.124. The largest absolute Gasteiger partial charge is 0.390 e. The molecule has 64 valence electrons. The van der Waals surface area contributed by atoms with Crippen molar-refractivity contribution in [3.63, 3.8) is 0 Å². The summed E-state index contributed by atoms with van der Waals surface area (Å²) in [4.78, 5) is 7.77. The molecule has 4 nitrogen and oxygen atoms in total. The summed E-state index contributed by atoms with van der Waals surface area (Å²) in [7, 11) is 0. The molecule has 1 saturated heterocycles. The average molecular weight is 166 g/mol. The molecule has 2 heterocycles. The van der Waals surface area contributed by atoms with Crippen LogP contribution in [-0.4, -0.2) is 34.4 Å². The molecule has 1 aromatic heterocycles. The number of hydrogen-bond acceptors (Lipinski definition) is 4. The molecule has 2 unspecified atom stereocenters. The van der Waals surface area contributed by atoms with E-state index in [4.69, 9.17) is 4.74 Å². The summed E-state index contributed by atoms with van der Waals surface area (Å²) >= 11 is 0. The first-order valence-corrected chi connectivity index (χ1v) is 3.88. The molecule has 0 aromatic carbocycles. The Hall–Kier alpha value is -1.00. The van der Waals surface area contributed by atoms with Crippen molar-refractivity contribution in [3.05, 3.63) is 24.3 Å². The molecule has 0 spiro atoms. The van der Waals surface area contributed by atoms with Gasteiger partial charge in [0, 0.05) is 18.3 Å². The molecule has 12 heavy (non-hydrogen) atoms. The topological polar surface area (TPSA) is 55.2 Å². The molecule has 2 atom stereocenters. The Morgan fingerprint density at radius 2 is 2.08 bits per heavy atom. The number of rotatable bonds is 1. The Kier molecular flexibility index (Phi) is 2.01. The van der Waals surface area contributed by atoms with Crippen LogP contribution >= 0.6 is 0 Å². The van der Waals surface area contributed by atoms with E-state index in [0.29, 0.717) is 13.2 Å². The van der Waals surface area contributed by atoms with Crippen LogP contribution in [0.5, 0.6) is 0 Å². The van der Waals surface area contributed by atoms with Crippen LogP contribution in [0.15, 0.2) is 18.7 Å². The summed E-state index contributed by atoms with van der Waals surface area (Å²) in [5.74, 6) is 0.0474. The zero-order chi connectivity index (χ0) is 8.39. The van der Waals surface area contributed by atoms with Crippen molar-refractivity contribution in [3.8, 4) is 0 Å². The van der Waals surface area contributed by atoms with Gasteiger partial charge in [-0.05, 0) is 5.56 Å². The number of aliphatic hydroxyl groups excluding tert-OH is 1. The summed E-state index contributed by atoms with van der Waals surface area (Å²) in [6.07, 6.45) is 4.51. The highest BCUT2D eigenvalue weighted by Gasteiger charge is 2.27. The quantitative estimate of drug-likeness (QED) is 0.635. The Morgan fingerprint density at radius 1 is 1.33 bits per heavy atom. The third kappa shape index (κ3) is 1.31. The van der Waals surface area contributed by atoms with Gasteiger partial charge in [0.15, 0.2) is 0 Å². The van der Waals surface area contributed by atoms with Gasteiger partial charge in [-0.3, -0.25) is 0 Å². The van der Waals surface area contributed by atoms with E-state index in [1.165, 1.54) is 6.33 Å². The van der Waals surface area contributed by atoms with Crippen molar-refractivity contribution in [1.82, 2.24) is 9.97 Å². The Labute approximate surface area is 70.2 Å². The monoisotopic (exact) mass is 166 g/mol. The van der Waals surface area contributed by atoms with Gasteiger partial charge in [0.2, 0.25) is 0 Å². The zero-order valence-electron chi connectivity index (χ0n) is 6.55. The highest BCUT2D eigenvalue weighted by Crippen LogP contribution is 2.23. The summed E-state index contributed by atoms with van der Waals surface area (Å²) < 4.78 is 5.12. The normalized spacial score (nSPS) is 29.1. The van der Waals surface area contributed by atoms with Crippen molar-refractivity contribution >= 4 is 0 Å². The molecule has 1 N–H and O–H groups in total. The molecule has 0 radical (unpaired) electrons. The molecule has 1 aromatic rings. The van der Waals surface area contributed by atoms with Crippen molar-refractivity contribution in [2.75, 3.05) is 13.2 Å². The lowest BCUT2D eigenvalue weighted by Gasteiger charge is -2.10. The highest BCUT2D eigenvalue weighted by atomic mass is 16.5. The molecular weight excluding hydrogens is 156 g/mol. The van der Waals surface area contributed by atoms with Crippen LogP contribution in [0.3, 0.4) is 0 Å². The van der Waals surface area contributed by atoms with Gasteiger partial charge in [-0.15, -0.1) is 0 Å². The first kappa shape index (κ1) is 7.64. The molecule has 0 bridgehead atoms. The summed E-state index contributed by atoms with van der Waals surface area (Å²) in [5, 5.41) is 9.46. The van der Waals surface area contributed by atoms with E-state index < -0.39 is 6.10 Å². The fourth-order valence-corrected chi connectivity index (χ4v) is 1.36. The second-order valence-corrected chi connectivity index (χ2v) is 2.88. The summed E-state index contributed by atoms with van der Waals surface area (Å²) in [6.45, 7) is 0.980. The molecular formula is C8H10N2O2. The highest BCUT2D eigenvalue weighted by molar-refractivity contribution is 5.13. The number of nitrogens with zero attached hydrogens (tertiary/aromatic N) is 2. The maximum Gasteiger partial charge on any atom is 0.115 e. The van der Waals surface area contributed by atoms with Gasteiger partial charge < -0.3 is 9.84 Å². The molecule has 0 amide bonds. The Bertz CT molecular complexity index is 252. The molecule has 0 saturated carbocycles. The van der Waals surface area contributed by atoms with Gasteiger partial charge in [-0.1, -0.05) is 0 Å². The van der Waals surface area contributed by atoms with Crippen molar-refractivity contribution < 1.29 is 9.84 Å². The summed E-state index contributed by atoms with van der Waals surface area (Å²) in [6, 6.07) is 0. The van der Waals surface area contributed by atoms with E-state index >= 15 is 0 Å². The van der Waals surface area contributed by atoms with Crippen LogP contribution in [-0.2, 0) is 4.74 Å². The Morgan fingerprint density at radius 3 is 2.67 bits per heavy atom. The standard InChI is InChI=1S/C8H10N2O2/c11-8-4-12-3-7(8)6-1-9-5-10-2-6/h1-2,5,7-8,11H,3-4H2. The fraction of sp³-hybridized carbons (Fsp3) is 0.500. The van der Waals surface area contributed by atoms with Crippen LogP contribution in [0.4, 0.5) is 0 Å². The van der Waals surface area contributed by atoms with Crippen LogP contribution in [0, 0.1) is 0 Å². The predicted octanol–water partition coefficient (Wildman–Crippen LogP) is -0.0487. The zero-order valence-corrected chi connectivity index (χ0v) is 6.55. The molecule has 1 fully saturated rings. The molecule has 0 aliphatic carbocycles. The minimum atomic E-state index is -0.406. The fourth-order valence-electron chi connectivity index (χ4n) is 1.36. The Balaban J connectivity index is 2.19. The van der Waals surface area contributed by atoms with E-state index in [-0.39, 0.29) is 5.92 Å². The first-order chi connectivity index (χ1) is 5.88. The lowest BCUT2D eigenvalue weighted by atomic mass is 10.00. The van der Waals surface area contributed by atoms with E-state index in [1.54, 1.807) is 12.4 Å². The predicted molar refractivity (Wildman–Crippen MR) is 41.6 cm³/mol. The maximum atomic E-state index is 9.46. The van der Waals surface area contributed by atoms with Gasteiger partial charge in [0.1, 0.15) is 6.33 Å². The molecule has 1 aliphatic rings. The van der Waals surface area contributed by atoms with Crippen LogP contribution in [0.1, 0.15) is 11.5 Å². The van der Waals surface area contributed by atoms with Crippen molar-refractivity contribution in [2.24, 2.45) is 0 Å². The third-order valence-corrected chi connectivity index (χ3v) is 2.06.